The van der Waals surface area contributed by atoms with Crippen molar-refractivity contribution in [3.63, 3.8) is 0 Å². The molecule has 2 heterocycles. The van der Waals surface area contributed by atoms with Gasteiger partial charge in [0.25, 0.3) is 0 Å². The number of thioether (sulfide) groups is 1. The molecule has 4 nitrogen and oxygen atoms in total. The van der Waals surface area contributed by atoms with Gasteiger partial charge in [0, 0.05) is 13.7 Å². The Labute approximate surface area is 111 Å². The maximum atomic E-state index is 5.73. The topological polar surface area (TPSA) is 47.0 Å². The van der Waals surface area contributed by atoms with Crippen LogP contribution in [-0.2, 0) is 4.74 Å². The van der Waals surface area contributed by atoms with Gasteiger partial charge in [-0.3, -0.25) is 0 Å². The fourth-order valence-corrected chi connectivity index (χ4v) is 3.17. The van der Waals surface area contributed by atoms with E-state index in [0.29, 0.717) is 11.0 Å². The Morgan fingerprint density at radius 2 is 2.06 bits per heavy atom. The van der Waals surface area contributed by atoms with E-state index in [1.54, 1.807) is 19.5 Å². The number of hydrogen-bond acceptors (Lipinski definition) is 5. The Balaban J connectivity index is 1.93. The van der Waals surface area contributed by atoms with Gasteiger partial charge in [0.1, 0.15) is 0 Å². The molecular formula is C11H16ClN3OS. The van der Waals surface area contributed by atoms with Crippen LogP contribution in [0.4, 0.5) is 5.95 Å². The van der Waals surface area contributed by atoms with E-state index in [9.17, 15) is 0 Å². The average Bonchev–Trinajstić information content (AvgIpc) is 2.39. The number of methoxy groups -OCH3 is 1. The molecule has 1 N–H and O–H groups in total. The minimum Gasteiger partial charge on any atom is -0.376 e. The lowest BCUT2D eigenvalue weighted by molar-refractivity contribution is -0.00560. The molecule has 2 rings (SSSR count). The molecule has 0 bridgehead atoms. The van der Waals surface area contributed by atoms with Gasteiger partial charge >= 0.3 is 0 Å². The van der Waals surface area contributed by atoms with Crippen LogP contribution in [0.1, 0.15) is 12.8 Å². The summed E-state index contributed by atoms with van der Waals surface area (Å²) in [4.78, 5) is 8.23. The first-order valence-electron chi connectivity index (χ1n) is 5.58. The molecule has 6 heteroatoms. The van der Waals surface area contributed by atoms with Crippen molar-refractivity contribution >= 4 is 29.3 Å². The molecule has 0 unspecified atom stereocenters. The number of rotatable bonds is 4. The molecule has 1 aliphatic rings. The number of halogens is 1. The van der Waals surface area contributed by atoms with Crippen molar-refractivity contribution in [3.05, 3.63) is 17.4 Å². The maximum absolute atomic E-state index is 5.73. The molecule has 0 radical (unpaired) electrons. The van der Waals surface area contributed by atoms with Gasteiger partial charge in [-0.05, 0) is 24.3 Å². The molecule has 0 spiro atoms. The Morgan fingerprint density at radius 3 is 2.65 bits per heavy atom. The first kappa shape index (κ1) is 12.9. The summed E-state index contributed by atoms with van der Waals surface area (Å²) in [5.74, 6) is 2.90. The average molecular weight is 274 g/mol. The second kappa shape index (κ2) is 5.89. The second-order valence-electron chi connectivity index (χ2n) is 4.08. The molecule has 1 saturated heterocycles. The molecule has 1 aromatic rings. The predicted molar refractivity (Wildman–Crippen MR) is 71.8 cm³/mol. The zero-order valence-corrected chi connectivity index (χ0v) is 11.4. The van der Waals surface area contributed by atoms with E-state index in [1.807, 2.05) is 11.8 Å². The van der Waals surface area contributed by atoms with E-state index < -0.39 is 0 Å². The van der Waals surface area contributed by atoms with Crippen molar-refractivity contribution in [2.24, 2.45) is 0 Å². The highest BCUT2D eigenvalue weighted by molar-refractivity contribution is 7.99. The maximum Gasteiger partial charge on any atom is 0.222 e. The van der Waals surface area contributed by atoms with Crippen LogP contribution in [0, 0.1) is 0 Å². The summed E-state index contributed by atoms with van der Waals surface area (Å²) in [7, 11) is 1.78. The minimum absolute atomic E-state index is 0.0752. The van der Waals surface area contributed by atoms with Crippen LogP contribution in [0.15, 0.2) is 12.4 Å². The van der Waals surface area contributed by atoms with Crippen molar-refractivity contribution in [2.75, 3.05) is 30.5 Å². The largest absolute Gasteiger partial charge is 0.376 e. The standard InChI is InChI=1S/C11H16ClN3OS/c1-16-11(2-4-17-5-3-11)8-15-10-13-6-9(12)7-14-10/h6-7H,2-5,8H2,1H3,(H,13,14,15). The van der Waals surface area contributed by atoms with Crippen LogP contribution in [0.2, 0.25) is 5.02 Å². The van der Waals surface area contributed by atoms with Crippen LogP contribution < -0.4 is 5.32 Å². The number of nitrogens with one attached hydrogen (secondary N) is 1. The molecule has 0 aromatic carbocycles. The first-order chi connectivity index (χ1) is 8.24. The van der Waals surface area contributed by atoms with Crippen molar-refractivity contribution in [1.29, 1.82) is 0 Å². The van der Waals surface area contributed by atoms with E-state index in [-0.39, 0.29) is 5.60 Å². The Hall–Kier alpha value is -0.520. The molecule has 0 amide bonds. The van der Waals surface area contributed by atoms with Crippen LogP contribution in [-0.4, -0.2) is 40.7 Å². The van der Waals surface area contributed by atoms with Gasteiger partial charge in [0.15, 0.2) is 0 Å². The molecule has 1 fully saturated rings. The molecule has 17 heavy (non-hydrogen) atoms. The van der Waals surface area contributed by atoms with E-state index in [1.165, 1.54) is 0 Å². The van der Waals surface area contributed by atoms with Crippen LogP contribution in [0.5, 0.6) is 0 Å². The Bertz CT molecular complexity index is 354. The second-order valence-corrected chi connectivity index (χ2v) is 5.74. The van der Waals surface area contributed by atoms with Crippen LogP contribution >= 0.6 is 23.4 Å². The molecule has 0 saturated carbocycles. The number of nitrogens with zero attached hydrogens (tertiary/aromatic N) is 2. The smallest absolute Gasteiger partial charge is 0.222 e. The lowest BCUT2D eigenvalue weighted by atomic mass is 9.96. The van der Waals surface area contributed by atoms with Gasteiger partial charge in [-0.25, -0.2) is 9.97 Å². The fourth-order valence-electron chi connectivity index (χ4n) is 1.84. The van der Waals surface area contributed by atoms with Crippen molar-refractivity contribution in [3.8, 4) is 0 Å². The molecule has 94 valence electrons. The highest BCUT2D eigenvalue weighted by atomic mass is 35.5. The molecule has 0 atom stereocenters. The molecule has 0 aliphatic carbocycles. The Morgan fingerprint density at radius 1 is 1.41 bits per heavy atom. The Kier molecular flexibility index (Phi) is 4.48. The van der Waals surface area contributed by atoms with Gasteiger partial charge in [-0.1, -0.05) is 11.6 Å². The van der Waals surface area contributed by atoms with E-state index >= 15 is 0 Å². The van der Waals surface area contributed by atoms with Gasteiger partial charge in [-0.2, -0.15) is 11.8 Å². The van der Waals surface area contributed by atoms with Crippen LogP contribution in [0.3, 0.4) is 0 Å². The van der Waals surface area contributed by atoms with Crippen molar-refractivity contribution in [1.82, 2.24) is 9.97 Å². The quantitative estimate of drug-likeness (QED) is 0.913. The van der Waals surface area contributed by atoms with Gasteiger partial charge in [-0.15, -0.1) is 0 Å². The SMILES string of the molecule is COC1(CNc2ncc(Cl)cn2)CCSCC1. The van der Waals surface area contributed by atoms with Gasteiger partial charge in [0.05, 0.1) is 23.0 Å². The third-order valence-corrected chi connectivity index (χ3v) is 4.21. The molecule has 1 aromatic heterocycles. The molecular weight excluding hydrogens is 258 g/mol. The van der Waals surface area contributed by atoms with Crippen LogP contribution in [0.25, 0.3) is 0 Å². The lowest BCUT2D eigenvalue weighted by Gasteiger charge is -2.35. The number of ether oxygens (including phenoxy) is 1. The third-order valence-electron chi connectivity index (χ3n) is 3.03. The lowest BCUT2D eigenvalue weighted by Crippen LogP contribution is -2.42. The zero-order valence-electron chi connectivity index (χ0n) is 9.78. The third kappa shape index (κ3) is 3.47. The van der Waals surface area contributed by atoms with E-state index in [4.69, 9.17) is 16.3 Å². The number of anilines is 1. The summed E-state index contributed by atoms with van der Waals surface area (Å²) in [5, 5.41) is 3.77. The van der Waals surface area contributed by atoms with Crippen molar-refractivity contribution < 1.29 is 4.74 Å². The summed E-state index contributed by atoms with van der Waals surface area (Å²) in [6.45, 7) is 0.742. The van der Waals surface area contributed by atoms with Gasteiger partial charge < -0.3 is 10.1 Å². The first-order valence-corrected chi connectivity index (χ1v) is 7.12. The predicted octanol–water partition coefficient (Wildman–Crippen LogP) is 2.45. The monoisotopic (exact) mass is 273 g/mol. The highest BCUT2D eigenvalue weighted by Gasteiger charge is 2.32. The number of hydrogen-bond donors (Lipinski definition) is 1. The summed E-state index contributed by atoms with van der Waals surface area (Å²) in [5.41, 5.74) is -0.0752. The van der Waals surface area contributed by atoms with Crippen molar-refractivity contribution in [2.45, 2.75) is 18.4 Å². The summed E-state index contributed by atoms with van der Waals surface area (Å²) >= 11 is 7.71. The summed E-state index contributed by atoms with van der Waals surface area (Å²) < 4.78 is 5.67. The minimum atomic E-state index is -0.0752. The van der Waals surface area contributed by atoms with E-state index in [2.05, 4.69) is 15.3 Å². The number of aromatic nitrogens is 2. The zero-order chi connectivity index (χ0) is 12.1. The van der Waals surface area contributed by atoms with E-state index in [0.717, 1.165) is 30.9 Å². The van der Waals surface area contributed by atoms with Gasteiger partial charge in [0.2, 0.25) is 5.95 Å². The summed E-state index contributed by atoms with van der Waals surface area (Å²) in [6.07, 6.45) is 5.31. The highest BCUT2D eigenvalue weighted by Crippen LogP contribution is 2.29. The molecule has 1 aliphatic heterocycles. The summed E-state index contributed by atoms with van der Waals surface area (Å²) in [6, 6.07) is 0. The normalized spacial score (nSPS) is 18.9. The fraction of sp³-hybridized carbons (Fsp3) is 0.636.